The van der Waals surface area contributed by atoms with Crippen LogP contribution in [0.2, 0.25) is 0 Å². The predicted molar refractivity (Wildman–Crippen MR) is 189 cm³/mol. The molecule has 0 aliphatic rings. The van der Waals surface area contributed by atoms with E-state index in [4.69, 9.17) is 0 Å². The Hall–Kier alpha value is -0.0800. The van der Waals surface area contributed by atoms with Crippen LogP contribution in [-0.2, 0) is 0 Å². The Morgan fingerprint density at radius 2 is 0.390 bits per heavy atom. The molecule has 2 heteroatoms. The Bertz CT molecular complexity index is 454. The van der Waals surface area contributed by atoms with E-state index in [0.717, 1.165) is 0 Å². The Kier molecular flexibility index (Phi) is 29.9. The molecule has 0 atom stereocenters. The summed E-state index contributed by atoms with van der Waals surface area (Å²) in [7, 11) is 9.87. The van der Waals surface area contributed by atoms with Crippen molar-refractivity contribution in [3.8, 4) is 0 Å². The molecule has 0 aromatic rings. The number of rotatable bonds is 34. The van der Waals surface area contributed by atoms with Crippen LogP contribution >= 0.6 is 0 Å². The second kappa shape index (κ2) is 30.0. The highest BCUT2D eigenvalue weighted by Gasteiger charge is 2.19. The van der Waals surface area contributed by atoms with Gasteiger partial charge in [-0.2, -0.15) is 0 Å². The smallest absolute Gasteiger partial charge is 0.0836 e. The zero-order valence-electron chi connectivity index (χ0n) is 30.2. The van der Waals surface area contributed by atoms with Crippen LogP contribution in [0.4, 0.5) is 0 Å². The van der Waals surface area contributed by atoms with Crippen molar-refractivity contribution < 1.29 is 8.97 Å². The minimum Gasteiger partial charge on any atom is -0.328 e. The topological polar surface area (TPSA) is 0 Å². The molecule has 0 saturated carbocycles. The van der Waals surface area contributed by atoms with Gasteiger partial charge in [-0.1, -0.05) is 168 Å². The van der Waals surface area contributed by atoms with Gasteiger partial charge < -0.3 is 8.97 Å². The molecular weight excluding hydrogens is 496 g/mol. The maximum atomic E-state index is 2.47. The van der Waals surface area contributed by atoms with Crippen LogP contribution in [0.25, 0.3) is 0 Å². The first kappa shape index (κ1) is 40.9. The maximum Gasteiger partial charge on any atom is 0.0836 e. The third-order valence-electron chi connectivity index (χ3n) is 9.76. The summed E-state index contributed by atoms with van der Waals surface area (Å²) in [6, 6.07) is 0. The number of hydrogen-bond donors (Lipinski definition) is 0. The molecule has 0 aromatic heterocycles. The van der Waals surface area contributed by atoms with E-state index in [2.05, 4.69) is 42.0 Å². The van der Waals surface area contributed by atoms with E-state index in [1.807, 2.05) is 0 Å². The van der Waals surface area contributed by atoms with E-state index >= 15 is 0 Å². The van der Waals surface area contributed by atoms with Gasteiger partial charge in [0.05, 0.1) is 54.4 Å². The first-order valence-corrected chi connectivity index (χ1v) is 19.5. The zero-order chi connectivity index (χ0) is 30.3. The van der Waals surface area contributed by atoms with Gasteiger partial charge in [-0.15, -0.1) is 0 Å². The van der Waals surface area contributed by atoms with Crippen molar-refractivity contribution in [2.45, 2.75) is 200 Å². The van der Waals surface area contributed by atoms with Crippen LogP contribution in [-0.4, -0.2) is 63.3 Å². The molecule has 0 rings (SSSR count). The molecule has 0 aromatic carbocycles. The molecule has 0 amide bonds. The second-order valence-corrected chi connectivity index (χ2v) is 15.3. The standard InChI is InChI=1S/C39H84N2/c1-7-9-11-13-15-17-19-21-23-25-27-29-31-33-36-40(3,4)38-35-39-41(5,6)37-34-32-30-28-26-24-22-20-18-16-14-12-10-8-2/h7-39H2,1-6H3/q+2. The monoisotopic (exact) mass is 581 g/mol. The normalized spacial score (nSPS) is 12.4. The first-order chi connectivity index (χ1) is 19.8. The van der Waals surface area contributed by atoms with Crippen molar-refractivity contribution in [1.29, 1.82) is 0 Å². The van der Waals surface area contributed by atoms with Crippen LogP contribution in [0.3, 0.4) is 0 Å². The maximum absolute atomic E-state index is 2.47. The Balaban J connectivity index is 3.52. The molecule has 0 unspecified atom stereocenters. The average Bonchev–Trinajstić information content (AvgIpc) is 2.93. The van der Waals surface area contributed by atoms with Crippen LogP contribution in [0.1, 0.15) is 200 Å². The lowest BCUT2D eigenvalue weighted by Gasteiger charge is -2.33. The van der Waals surface area contributed by atoms with Crippen LogP contribution in [0.5, 0.6) is 0 Å². The third-order valence-corrected chi connectivity index (χ3v) is 9.76. The van der Waals surface area contributed by atoms with E-state index in [9.17, 15) is 0 Å². The Morgan fingerprint density at radius 3 is 0.610 bits per heavy atom. The summed E-state index contributed by atoms with van der Waals surface area (Å²) in [5.41, 5.74) is 0. The summed E-state index contributed by atoms with van der Waals surface area (Å²) in [6.45, 7) is 10.0. The fraction of sp³-hybridized carbons (Fsp3) is 1.00. The van der Waals surface area contributed by atoms with Crippen molar-refractivity contribution in [2.24, 2.45) is 0 Å². The fourth-order valence-corrected chi connectivity index (χ4v) is 6.62. The van der Waals surface area contributed by atoms with Crippen LogP contribution < -0.4 is 0 Å². The molecule has 41 heavy (non-hydrogen) atoms. The zero-order valence-corrected chi connectivity index (χ0v) is 30.2. The summed E-state index contributed by atoms with van der Waals surface area (Å²) in [5.74, 6) is 0. The lowest BCUT2D eigenvalue weighted by Crippen LogP contribution is -2.46. The number of quaternary nitrogens is 2. The summed E-state index contributed by atoms with van der Waals surface area (Å²) in [6.07, 6.45) is 42.1. The van der Waals surface area contributed by atoms with E-state index in [-0.39, 0.29) is 0 Å². The number of unbranched alkanes of at least 4 members (excludes halogenated alkanes) is 26. The van der Waals surface area contributed by atoms with E-state index in [1.165, 1.54) is 221 Å². The van der Waals surface area contributed by atoms with Gasteiger partial charge in [0.1, 0.15) is 0 Å². The molecule has 0 spiro atoms. The van der Waals surface area contributed by atoms with Crippen molar-refractivity contribution in [1.82, 2.24) is 0 Å². The lowest BCUT2D eigenvalue weighted by molar-refractivity contribution is -0.909. The van der Waals surface area contributed by atoms with Crippen LogP contribution in [0.15, 0.2) is 0 Å². The number of nitrogens with zero attached hydrogens (tertiary/aromatic N) is 2. The van der Waals surface area contributed by atoms with Gasteiger partial charge in [0.25, 0.3) is 0 Å². The molecule has 248 valence electrons. The summed E-state index contributed by atoms with van der Waals surface area (Å²) >= 11 is 0. The molecule has 0 aliphatic heterocycles. The minimum absolute atomic E-state index is 1.22. The van der Waals surface area contributed by atoms with Gasteiger partial charge in [0.15, 0.2) is 0 Å². The van der Waals surface area contributed by atoms with Crippen molar-refractivity contribution >= 4 is 0 Å². The third kappa shape index (κ3) is 32.7. The lowest BCUT2D eigenvalue weighted by atomic mass is 10.0. The molecule has 0 saturated heterocycles. The molecular formula is C39H84N2+2. The Labute approximate surface area is 263 Å². The summed E-state index contributed by atoms with van der Waals surface area (Å²) in [4.78, 5) is 0. The van der Waals surface area contributed by atoms with Crippen molar-refractivity contribution in [2.75, 3.05) is 54.4 Å². The fourth-order valence-electron chi connectivity index (χ4n) is 6.62. The average molecular weight is 581 g/mol. The van der Waals surface area contributed by atoms with Gasteiger partial charge in [-0.25, -0.2) is 0 Å². The van der Waals surface area contributed by atoms with Gasteiger partial charge in [0.2, 0.25) is 0 Å². The molecule has 0 fully saturated rings. The SMILES string of the molecule is CCCCCCCCCCCCCCCC[N+](C)(C)CCC[N+](C)(C)CCCCCCCCCCCCCCCC. The van der Waals surface area contributed by atoms with Gasteiger partial charge in [-0.3, -0.25) is 0 Å². The molecule has 0 bridgehead atoms. The highest BCUT2D eigenvalue weighted by atomic mass is 15.3. The second-order valence-electron chi connectivity index (χ2n) is 15.3. The van der Waals surface area contributed by atoms with Crippen molar-refractivity contribution in [3.05, 3.63) is 0 Å². The minimum atomic E-state index is 1.22. The van der Waals surface area contributed by atoms with E-state index in [1.54, 1.807) is 0 Å². The Morgan fingerprint density at radius 1 is 0.220 bits per heavy atom. The molecule has 0 heterocycles. The van der Waals surface area contributed by atoms with Gasteiger partial charge >= 0.3 is 0 Å². The number of hydrogen-bond acceptors (Lipinski definition) is 0. The summed E-state index contributed by atoms with van der Waals surface area (Å²) < 4.78 is 2.44. The molecule has 0 radical (unpaired) electrons. The quantitative estimate of drug-likeness (QED) is 0.0524. The summed E-state index contributed by atoms with van der Waals surface area (Å²) in [5, 5.41) is 0. The predicted octanol–water partition coefficient (Wildman–Crippen LogP) is 12.5. The molecule has 0 aliphatic carbocycles. The highest BCUT2D eigenvalue weighted by molar-refractivity contribution is 4.51. The van der Waals surface area contributed by atoms with Gasteiger partial charge in [-0.05, 0) is 25.7 Å². The van der Waals surface area contributed by atoms with Crippen molar-refractivity contribution in [3.63, 3.8) is 0 Å². The van der Waals surface area contributed by atoms with Gasteiger partial charge in [0, 0.05) is 6.42 Å². The van der Waals surface area contributed by atoms with E-state index < -0.39 is 0 Å². The largest absolute Gasteiger partial charge is 0.328 e. The molecule has 0 N–H and O–H groups in total. The van der Waals surface area contributed by atoms with Crippen LogP contribution in [0, 0.1) is 0 Å². The highest BCUT2D eigenvalue weighted by Crippen LogP contribution is 2.16. The first-order valence-electron chi connectivity index (χ1n) is 19.5. The van der Waals surface area contributed by atoms with E-state index in [0.29, 0.717) is 0 Å². The molecule has 2 nitrogen and oxygen atoms in total.